The van der Waals surface area contributed by atoms with E-state index < -0.39 is 28.7 Å². The molecule has 4 rings (SSSR count). The molecule has 2 heterocycles. The summed E-state index contributed by atoms with van der Waals surface area (Å²) in [6.45, 7) is 0. The minimum absolute atomic E-state index is 0.000221. The van der Waals surface area contributed by atoms with Crippen LogP contribution in [0.2, 0.25) is 5.02 Å². The number of amides is 4. The molecule has 0 atom stereocenters. The van der Waals surface area contributed by atoms with Gasteiger partial charge in [-0.05, 0) is 60.0 Å². The summed E-state index contributed by atoms with van der Waals surface area (Å²) in [6, 6.07) is 14.9. The Morgan fingerprint density at radius 1 is 0.900 bits per heavy atom. The van der Waals surface area contributed by atoms with Gasteiger partial charge in [0, 0.05) is 28.5 Å². The third-order valence-corrected chi connectivity index (χ3v) is 6.28. The number of hydrogen-bond acceptors (Lipinski definition) is 6. The molecule has 4 aromatic rings. The molecule has 0 spiro atoms. The molecule has 4 N–H and O–H groups in total. The monoisotopic (exact) mass is 589 g/mol. The summed E-state index contributed by atoms with van der Waals surface area (Å²) in [7, 11) is 0. The zero-order valence-corrected chi connectivity index (χ0v) is 21.8. The Balaban J connectivity index is 1.30. The lowest BCUT2D eigenvalue weighted by Crippen LogP contribution is -2.42. The number of pyridine rings is 1. The highest BCUT2D eigenvalue weighted by Gasteiger charge is 2.33. The first-order valence-corrected chi connectivity index (χ1v) is 12.6. The maximum absolute atomic E-state index is 13.0. The van der Waals surface area contributed by atoms with E-state index in [0.717, 1.165) is 17.0 Å². The Morgan fingerprint density at radius 3 is 2.33 bits per heavy atom. The van der Waals surface area contributed by atoms with Crippen molar-refractivity contribution in [1.82, 2.24) is 15.8 Å². The van der Waals surface area contributed by atoms with Crippen LogP contribution in [0.5, 0.6) is 11.5 Å². The maximum Gasteiger partial charge on any atom is 0.417 e. The normalized spacial score (nSPS) is 10.9. The molecule has 0 bridgehead atoms. The van der Waals surface area contributed by atoms with E-state index in [2.05, 4.69) is 26.5 Å². The molecule has 0 aliphatic rings. The second-order valence-corrected chi connectivity index (χ2v) is 9.47. The quantitative estimate of drug-likeness (QED) is 0.190. The average molecular weight is 590 g/mol. The smallest absolute Gasteiger partial charge is 0.417 e. The number of hydrogen-bond donors (Lipinski definition) is 4. The van der Waals surface area contributed by atoms with Gasteiger partial charge in [0.05, 0.1) is 17.0 Å². The molecule has 0 aliphatic carbocycles. The first-order valence-electron chi connectivity index (χ1n) is 11.4. The van der Waals surface area contributed by atoms with E-state index in [-0.39, 0.29) is 29.5 Å². The van der Waals surface area contributed by atoms with Gasteiger partial charge in [-0.1, -0.05) is 17.7 Å². The van der Waals surface area contributed by atoms with Gasteiger partial charge in [0.2, 0.25) is 5.91 Å². The van der Waals surface area contributed by atoms with Gasteiger partial charge in [0.15, 0.2) is 0 Å². The minimum Gasteiger partial charge on any atom is -0.457 e. The van der Waals surface area contributed by atoms with Crippen molar-refractivity contribution in [3.63, 3.8) is 0 Å². The molecule has 0 aliphatic heterocycles. The number of thiophene rings is 1. The lowest BCUT2D eigenvalue weighted by Gasteiger charge is -2.12. The van der Waals surface area contributed by atoms with Gasteiger partial charge in [0.1, 0.15) is 17.2 Å². The van der Waals surface area contributed by atoms with Crippen LogP contribution >= 0.6 is 22.9 Å². The van der Waals surface area contributed by atoms with E-state index in [1.54, 1.807) is 0 Å². The van der Waals surface area contributed by atoms with Gasteiger partial charge in [-0.25, -0.2) is 4.79 Å². The predicted octanol–water partition coefficient (Wildman–Crippen LogP) is 6.26. The van der Waals surface area contributed by atoms with Gasteiger partial charge in [0.25, 0.3) is 5.91 Å². The summed E-state index contributed by atoms with van der Waals surface area (Å²) in [5.41, 5.74) is 3.81. The number of nitrogens with zero attached hydrogens (tertiary/aromatic N) is 1. The topological polar surface area (TPSA) is 121 Å². The van der Waals surface area contributed by atoms with E-state index in [9.17, 15) is 27.6 Å². The van der Waals surface area contributed by atoms with Crippen LogP contribution in [-0.4, -0.2) is 22.8 Å². The highest BCUT2D eigenvalue weighted by Crippen LogP contribution is 2.36. The zero-order valence-electron chi connectivity index (χ0n) is 20.2. The van der Waals surface area contributed by atoms with Crippen LogP contribution in [0.25, 0.3) is 0 Å². The molecule has 2 aromatic heterocycles. The fourth-order valence-corrected chi connectivity index (χ4v) is 4.19. The number of rotatable bonds is 7. The number of urea groups is 1. The van der Waals surface area contributed by atoms with E-state index in [4.69, 9.17) is 16.3 Å². The zero-order chi connectivity index (χ0) is 28.7. The number of benzene rings is 2. The molecule has 0 fully saturated rings. The summed E-state index contributed by atoms with van der Waals surface area (Å²) < 4.78 is 44.8. The number of carbonyl (C=O) groups is 3. The van der Waals surface area contributed by atoms with E-state index >= 15 is 0 Å². The lowest BCUT2D eigenvalue weighted by atomic mass is 10.2. The summed E-state index contributed by atoms with van der Waals surface area (Å²) in [5, 5.41) is 6.18. The largest absolute Gasteiger partial charge is 0.457 e. The van der Waals surface area contributed by atoms with Crippen LogP contribution in [0.3, 0.4) is 0 Å². The molecule has 40 heavy (non-hydrogen) atoms. The number of anilines is 2. The Labute approximate surface area is 234 Å². The Bertz CT molecular complexity index is 1520. The number of hydrazine groups is 1. The van der Waals surface area contributed by atoms with Gasteiger partial charge >= 0.3 is 12.2 Å². The Hall–Kier alpha value is -4.62. The molecular formula is C26H19ClF3N5O4S. The van der Waals surface area contributed by atoms with Crippen molar-refractivity contribution >= 4 is 52.2 Å². The summed E-state index contributed by atoms with van der Waals surface area (Å²) >= 11 is 7.02. The molecule has 0 saturated carbocycles. The van der Waals surface area contributed by atoms with Crippen LogP contribution < -0.4 is 26.2 Å². The van der Waals surface area contributed by atoms with E-state index in [0.29, 0.717) is 11.4 Å². The van der Waals surface area contributed by atoms with Crippen LogP contribution in [0.4, 0.5) is 29.3 Å². The molecule has 14 heteroatoms. The van der Waals surface area contributed by atoms with Crippen molar-refractivity contribution in [2.75, 3.05) is 10.6 Å². The predicted molar refractivity (Wildman–Crippen MR) is 143 cm³/mol. The van der Waals surface area contributed by atoms with Gasteiger partial charge < -0.3 is 15.4 Å². The van der Waals surface area contributed by atoms with Gasteiger partial charge in [-0.3, -0.25) is 25.4 Å². The second kappa shape index (κ2) is 12.5. The van der Waals surface area contributed by atoms with Crippen molar-refractivity contribution in [2.45, 2.75) is 12.6 Å². The first kappa shape index (κ1) is 28.4. The van der Waals surface area contributed by atoms with E-state index in [1.165, 1.54) is 60.0 Å². The van der Waals surface area contributed by atoms with Crippen LogP contribution in [0.15, 0.2) is 78.3 Å². The molecule has 0 saturated heterocycles. The number of ether oxygens (including phenoxy) is 1. The fourth-order valence-electron chi connectivity index (χ4n) is 3.26. The van der Waals surface area contributed by atoms with Gasteiger partial charge in [-0.2, -0.15) is 13.2 Å². The van der Waals surface area contributed by atoms with Crippen molar-refractivity contribution in [2.24, 2.45) is 0 Å². The molecule has 4 amide bonds. The molecule has 0 unspecified atom stereocenters. The van der Waals surface area contributed by atoms with Crippen molar-refractivity contribution in [3.8, 4) is 11.5 Å². The number of aromatic nitrogens is 1. The molecule has 2 aromatic carbocycles. The molecule has 0 radical (unpaired) electrons. The SMILES string of the molecule is O=C(Cc1cccs1)NNC(=O)c1cc(Oc2ccc(NC(=O)Nc3ccc(Cl)c(C(F)(F)F)c3)cc2)ccn1. The van der Waals surface area contributed by atoms with E-state index in [1.807, 2.05) is 17.5 Å². The number of halogens is 4. The first-order chi connectivity index (χ1) is 19.1. The second-order valence-electron chi connectivity index (χ2n) is 8.03. The van der Waals surface area contributed by atoms with Crippen molar-refractivity contribution in [3.05, 3.63) is 99.5 Å². The average Bonchev–Trinajstić information content (AvgIpc) is 3.42. The highest BCUT2D eigenvalue weighted by molar-refractivity contribution is 7.10. The van der Waals surface area contributed by atoms with Gasteiger partial charge in [-0.15, -0.1) is 11.3 Å². The summed E-state index contributed by atoms with van der Waals surface area (Å²) in [5.74, 6) is -0.379. The Kier molecular flexibility index (Phi) is 8.86. The van der Waals surface area contributed by atoms with Crippen molar-refractivity contribution in [1.29, 1.82) is 0 Å². The fraction of sp³-hybridized carbons (Fsp3) is 0.0769. The number of carbonyl (C=O) groups excluding carboxylic acids is 3. The minimum atomic E-state index is -4.67. The van der Waals surface area contributed by atoms with Crippen LogP contribution in [0, 0.1) is 0 Å². The maximum atomic E-state index is 13.0. The number of alkyl halides is 3. The lowest BCUT2D eigenvalue weighted by molar-refractivity contribution is -0.137. The third kappa shape index (κ3) is 7.94. The molecule has 206 valence electrons. The number of nitrogens with one attached hydrogen (secondary N) is 4. The third-order valence-electron chi connectivity index (χ3n) is 5.07. The van der Waals surface area contributed by atoms with Crippen LogP contribution in [0.1, 0.15) is 20.9 Å². The standard InChI is InChI=1S/C26H19ClF3N5O4S/c27-21-8-5-16(12-20(21)26(28,29)30)33-25(38)32-15-3-6-17(7-4-15)39-18-9-10-31-22(13-18)24(37)35-34-23(36)14-19-2-1-11-40-19/h1-13H,14H2,(H,34,36)(H,35,37)(H2,32,33,38). The highest BCUT2D eigenvalue weighted by atomic mass is 35.5. The van der Waals surface area contributed by atoms with Crippen LogP contribution in [-0.2, 0) is 17.4 Å². The molecule has 9 nitrogen and oxygen atoms in total. The van der Waals surface area contributed by atoms with Crippen molar-refractivity contribution < 1.29 is 32.3 Å². The summed E-state index contributed by atoms with van der Waals surface area (Å²) in [6.07, 6.45) is -3.18. The Morgan fingerprint density at radius 2 is 1.62 bits per heavy atom. The molecular weight excluding hydrogens is 571 g/mol. The summed E-state index contributed by atoms with van der Waals surface area (Å²) in [4.78, 5) is 41.4.